The number of amides is 1. The van der Waals surface area contributed by atoms with Gasteiger partial charge in [-0.3, -0.25) is 10.1 Å². The zero-order valence-corrected chi connectivity index (χ0v) is 17.4. The summed E-state index contributed by atoms with van der Waals surface area (Å²) in [5.41, 5.74) is 3.01. The van der Waals surface area contributed by atoms with Crippen LogP contribution in [0.3, 0.4) is 0 Å². The normalized spacial score (nSPS) is 11.9. The molecule has 0 radical (unpaired) electrons. The third-order valence-electron chi connectivity index (χ3n) is 4.46. The maximum absolute atomic E-state index is 12.4. The van der Waals surface area contributed by atoms with E-state index in [2.05, 4.69) is 58.3 Å². The van der Waals surface area contributed by atoms with E-state index in [-0.39, 0.29) is 23.6 Å². The summed E-state index contributed by atoms with van der Waals surface area (Å²) in [4.78, 5) is 17.5. The van der Waals surface area contributed by atoms with Gasteiger partial charge in [0.05, 0.1) is 18.3 Å². The average Bonchev–Trinajstić information content (AvgIpc) is 3.24. The number of pyridine rings is 1. The van der Waals surface area contributed by atoms with Crippen LogP contribution in [-0.4, -0.2) is 17.4 Å². The van der Waals surface area contributed by atoms with Gasteiger partial charge in [0.15, 0.2) is 5.15 Å². The topological polar surface area (TPSA) is 54.0 Å². The standard InChI is InChI=1S/C22H24ClN3OS/c1-2-3-6-16-9-11-17(12-10-16)21(19-8-5-14-28-19)25-15-20(27)26-18-7-4-13-24-22(18)23/h4-5,7-14,21,25H,2-3,6,15H2,1H3,(H,26,27)/t21-/m0/s1. The summed E-state index contributed by atoms with van der Waals surface area (Å²) in [5.74, 6) is -0.156. The fourth-order valence-corrected chi connectivity index (χ4v) is 3.96. The van der Waals surface area contributed by atoms with Crippen LogP contribution in [0, 0.1) is 0 Å². The summed E-state index contributed by atoms with van der Waals surface area (Å²) in [6.07, 6.45) is 5.08. The van der Waals surface area contributed by atoms with Gasteiger partial charge < -0.3 is 5.32 Å². The van der Waals surface area contributed by atoms with E-state index in [0.29, 0.717) is 5.69 Å². The van der Waals surface area contributed by atoms with Gasteiger partial charge in [0, 0.05) is 11.1 Å². The number of rotatable bonds is 9. The first kappa shape index (κ1) is 20.5. The molecule has 0 fully saturated rings. The van der Waals surface area contributed by atoms with Gasteiger partial charge in [-0.05, 0) is 47.5 Å². The highest BCUT2D eigenvalue weighted by Crippen LogP contribution is 2.26. The van der Waals surface area contributed by atoms with Crippen LogP contribution < -0.4 is 10.6 Å². The molecule has 28 heavy (non-hydrogen) atoms. The third-order valence-corrected chi connectivity index (χ3v) is 5.70. The Kier molecular flexibility index (Phi) is 7.60. The predicted octanol–water partition coefficient (Wildman–Crippen LogP) is 5.46. The van der Waals surface area contributed by atoms with E-state index < -0.39 is 0 Å². The number of anilines is 1. The van der Waals surface area contributed by atoms with Crippen LogP contribution in [0.25, 0.3) is 0 Å². The molecule has 0 saturated heterocycles. The number of aromatic nitrogens is 1. The number of nitrogens with one attached hydrogen (secondary N) is 2. The molecular weight excluding hydrogens is 390 g/mol. The number of halogens is 1. The molecule has 1 amide bonds. The Morgan fingerprint density at radius 2 is 2.00 bits per heavy atom. The first-order valence-electron chi connectivity index (χ1n) is 9.43. The van der Waals surface area contributed by atoms with E-state index in [1.165, 1.54) is 23.3 Å². The smallest absolute Gasteiger partial charge is 0.238 e. The van der Waals surface area contributed by atoms with Gasteiger partial charge in [-0.1, -0.05) is 55.3 Å². The molecule has 6 heteroatoms. The number of carbonyl (C=O) groups excluding carboxylic acids is 1. The van der Waals surface area contributed by atoms with Crippen molar-refractivity contribution in [3.05, 3.63) is 81.3 Å². The van der Waals surface area contributed by atoms with Crippen LogP contribution in [0.1, 0.15) is 41.8 Å². The Morgan fingerprint density at radius 1 is 1.18 bits per heavy atom. The number of hydrogen-bond donors (Lipinski definition) is 2. The molecule has 0 saturated carbocycles. The summed E-state index contributed by atoms with van der Waals surface area (Å²) in [6.45, 7) is 2.38. The number of carbonyl (C=O) groups is 1. The van der Waals surface area contributed by atoms with Gasteiger partial charge in [-0.25, -0.2) is 4.98 Å². The molecule has 0 spiro atoms. The van der Waals surface area contributed by atoms with E-state index in [4.69, 9.17) is 11.6 Å². The highest BCUT2D eigenvalue weighted by atomic mass is 35.5. The molecule has 3 rings (SSSR count). The van der Waals surface area contributed by atoms with Crippen molar-refractivity contribution in [2.75, 3.05) is 11.9 Å². The molecule has 0 unspecified atom stereocenters. The third kappa shape index (κ3) is 5.64. The maximum Gasteiger partial charge on any atom is 0.238 e. The molecule has 0 aliphatic rings. The predicted molar refractivity (Wildman–Crippen MR) is 117 cm³/mol. The first-order valence-corrected chi connectivity index (χ1v) is 10.7. The Bertz CT molecular complexity index is 881. The zero-order chi connectivity index (χ0) is 19.8. The molecule has 1 atom stereocenters. The number of nitrogens with zero attached hydrogens (tertiary/aromatic N) is 1. The summed E-state index contributed by atoms with van der Waals surface area (Å²) in [6, 6.07) is 16.2. The monoisotopic (exact) mass is 413 g/mol. The number of aryl methyl sites for hydroxylation is 1. The van der Waals surface area contributed by atoms with E-state index in [1.807, 2.05) is 6.07 Å². The second-order valence-electron chi connectivity index (χ2n) is 6.56. The second-order valence-corrected chi connectivity index (χ2v) is 7.90. The van der Waals surface area contributed by atoms with Crippen molar-refractivity contribution in [1.29, 1.82) is 0 Å². The second kappa shape index (κ2) is 10.4. The van der Waals surface area contributed by atoms with Crippen molar-refractivity contribution >= 4 is 34.5 Å². The molecule has 1 aromatic carbocycles. The largest absolute Gasteiger partial charge is 0.322 e. The number of thiophene rings is 1. The molecule has 2 N–H and O–H groups in total. The molecule has 2 heterocycles. The van der Waals surface area contributed by atoms with Crippen molar-refractivity contribution in [3.8, 4) is 0 Å². The van der Waals surface area contributed by atoms with E-state index in [0.717, 1.165) is 12.0 Å². The lowest BCUT2D eigenvalue weighted by molar-refractivity contribution is -0.115. The molecule has 0 aliphatic heterocycles. The zero-order valence-electron chi connectivity index (χ0n) is 15.8. The Hall–Kier alpha value is -2.21. The fourth-order valence-electron chi connectivity index (χ4n) is 2.96. The fraction of sp³-hybridized carbons (Fsp3) is 0.273. The van der Waals surface area contributed by atoms with Crippen LogP contribution in [0.5, 0.6) is 0 Å². The number of hydrogen-bond acceptors (Lipinski definition) is 4. The van der Waals surface area contributed by atoms with Crippen molar-refractivity contribution in [2.24, 2.45) is 0 Å². The molecule has 0 bridgehead atoms. The van der Waals surface area contributed by atoms with Crippen LogP contribution in [0.4, 0.5) is 5.69 Å². The highest BCUT2D eigenvalue weighted by molar-refractivity contribution is 7.10. The first-order chi connectivity index (χ1) is 13.7. The molecule has 146 valence electrons. The lowest BCUT2D eigenvalue weighted by Crippen LogP contribution is -2.31. The van der Waals surface area contributed by atoms with E-state index in [1.54, 1.807) is 29.7 Å². The van der Waals surface area contributed by atoms with Crippen molar-refractivity contribution in [3.63, 3.8) is 0 Å². The number of unbranched alkanes of at least 4 members (excludes halogenated alkanes) is 1. The Labute approximate surface area is 175 Å². The van der Waals surface area contributed by atoms with Crippen molar-refractivity contribution in [2.45, 2.75) is 32.2 Å². The molecule has 2 aromatic heterocycles. The molecular formula is C22H24ClN3OS. The van der Waals surface area contributed by atoms with E-state index >= 15 is 0 Å². The summed E-state index contributed by atoms with van der Waals surface area (Å²) >= 11 is 7.69. The molecule has 4 nitrogen and oxygen atoms in total. The average molecular weight is 414 g/mol. The van der Waals surface area contributed by atoms with E-state index in [9.17, 15) is 4.79 Å². The lowest BCUT2D eigenvalue weighted by atomic mass is 10.0. The minimum Gasteiger partial charge on any atom is -0.322 e. The minimum absolute atomic E-state index is 0.0321. The Morgan fingerprint density at radius 3 is 2.68 bits per heavy atom. The van der Waals surface area contributed by atoms with Crippen LogP contribution in [0.2, 0.25) is 5.15 Å². The van der Waals surface area contributed by atoms with Gasteiger partial charge in [0.2, 0.25) is 5.91 Å². The van der Waals surface area contributed by atoms with Crippen LogP contribution in [-0.2, 0) is 11.2 Å². The van der Waals surface area contributed by atoms with Gasteiger partial charge in [0.25, 0.3) is 0 Å². The van der Waals surface area contributed by atoms with Gasteiger partial charge in [-0.15, -0.1) is 11.3 Å². The van der Waals surface area contributed by atoms with Crippen molar-refractivity contribution < 1.29 is 4.79 Å². The highest BCUT2D eigenvalue weighted by Gasteiger charge is 2.16. The summed E-state index contributed by atoms with van der Waals surface area (Å²) < 4.78 is 0. The van der Waals surface area contributed by atoms with Crippen LogP contribution in [0.15, 0.2) is 60.1 Å². The maximum atomic E-state index is 12.4. The SMILES string of the molecule is CCCCc1ccc([C@H](NCC(=O)Nc2cccnc2Cl)c2cccs2)cc1. The van der Waals surface area contributed by atoms with Gasteiger partial charge >= 0.3 is 0 Å². The van der Waals surface area contributed by atoms with Crippen molar-refractivity contribution in [1.82, 2.24) is 10.3 Å². The lowest BCUT2D eigenvalue weighted by Gasteiger charge is -2.18. The number of benzene rings is 1. The summed E-state index contributed by atoms with van der Waals surface area (Å²) in [7, 11) is 0. The quantitative estimate of drug-likeness (QED) is 0.458. The molecule has 3 aromatic rings. The van der Waals surface area contributed by atoms with Gasteiger partial charge in [-0.2, -0.15) is 0 Å². The minimum atomic E-state index is -0.156. The molecule has 0 aliphatic carbocycles. The van der Waals surface area contributed by atoms with Crippen LogP contribution >= 0.6 is 22.9 Å². The Balaban J connectivity index is 1.67. The summed E-state index contributed by atoms with van der Waals surface area (Å²) in [5, 5.41) is 8.51. The van der Waals surface area contributed by atoms with Gasteiger partial charge in [0.1, 0.15) is 0 Å².